The second-order valence-electron chi connectivity index (χ2n) is 7.99. The van der Waals surface area contributed by atoms with Gasteiger partial charge in [-0.25, -0.2) is 14.4 Å². The summed E-state index contributed by atoms with van der Waals surface area (Å²) in [5.74, 6) is 0.800. The molecule has 0 atom stereocenters. The maximum atomic E-state index is 15.4. The van der Waals surface area contributed by atoms with Crippen LogP contribution < -0.4 is 9.64 Å². The number of halogens is 1. The number of rotatable bonds is 6. The van der Waals surface area contributed by atoms with Gasteiger partial charge in [0.25, 0.3) is 0 Å². The highest BCUT2D eigenvalue weighted by atomic mass is 19.1. The first-order chi connectivity index (χ1) is 16.4. The Morgan fingerprint density at radius 1 is 1.12 bits per heavy atom. The number of benzene rings is 1. The van der Waals surface area contributed by atoms with Crippen molar-refractivity contribution in [1.29, 1.82) is 0 Å². The predicted octanol–water partition coefficient (Wildman–Crippen LogP) is 4.52. The third kappa shape index (κ3) is 4.05. The molecule has 0 N–H and O–H groups in total. The van der Waals surface area contributed by atoms with Crippen molar-refractivity contribution < 1.29 is 13.7 Å². The molecule has 34 heavy (non-hydrogen) atoms. The van der Waals surface area contributed by atoms with Crippen LogP contribution in [0.15, 0.2) is 53.4 Å². The normalized spacial score (nSPS) is 11.2. The molecule has 0 aliphatic heterocycles. The summed E-state index contributed by atoms with van der Waals surface area (Å²) in [6.45, 7) is 3.92. The van der Waals surface area contributed by atoms with Gasteiger partial charge in [0.1, 0.15) is 22.8 Å². The first kappa shape index (κ1) is 21.5. The van der Waals surface area contributed by atoms with Crippen LogP contribution in [0.25, 0.3) is 22.4 Å². The van der Waals surface area contributed by atoms with E-state index in [0.717, 1.165) is 11.1 Å². The van der Waals surface area contributed by atoms with E-state index in [2.05, 4.69) is 20.2 Å². The Balaban J connectivity index is 1.64. The standard InChI is InChI=1S/C24H22FN7O2/c1-14-7-20(23(25)21(8-14)33-4)32(13-17-9-15(2)34-30-17)22-6-5-18-24(29-22)28-19(11-26-18)16-10-27-31(3)12-16/h5-12H,13H2,1-4H3. The molecule has 0 aliphatic rings. The number of hydrogen-bond donors (Lipinski definition) is 0. The van der Waals surface area contributed by atoms with Crippen molar-refractivity contribution in [2.75, 3.05) is 12.0 Å². The van der Waals surface area contributed by atoms with Crippen molar-refractivity contribution in [3.8, 4) is 17.0 Å². The zero-order valence-electron chi connectivity index (χ0n) is 19.2. The third-order valence-corrected chi connectivity index (χ3v) is 5.34. The van der Waals surface area contributed by atoms with Crippen LogP contribution in [-0.4, -0.2) is 37.0 Å². The molecule has 0 unspecified atom stereocenters. The number of fused-ring (bicyclic) bond motifs is 1. The van der Waals surface area contributed by atoms with Crippen LogP contribution in [0.3, 0.4) is 0 Å². The number of aromatic nitrogens is 6. The summed E-state index contributed by atoms with van der Waals surface area (Å²) in [6.07, 6.45) is 5.25. The van der Waals surface area contributed by atoms with Crippen molar-refractivity contribution in [2.45, 2.75) is 20.4 Å². The van der Waals surface area contributed by atoms with Crippen molar-refractivity contribution >= 4 is 22.7 Å². The monoisotopic (exact) mass is 459 g/mol. The van der Waals surface area contributed by atoms with Crippen LogP contribution in [0, 0.1) is 19.7 Å². The van der Waals surface area contributed by atoms with E-state index in [9.17, 15) is 0 Å². The van der Waals surface area contributed by atoms with E-state index >= 15 is 4.39 Å². The summed E-state index contributed by atoms with van der Waals surface area (Å²) in [6, 6.07) is 8.79. The Labute approximate surface area is 194 Å². The highest BCUT2D eigenvalue weighted by Crippen LogP contribution is 2.35. The molecule has 5 rings (SSSR count). The van der Waals surface area contributed by atoms with Crippen molar-refractivity contribution in [2.24, 2.45) is 7.05 Å². The molecular weight excluding hydrogens is 437 g/mol. The average molecular weight is 459 g/mol. The zero-order chi connectivity index (χ0) is 23.8. The van der Waals surface area contributed by atoms with Gasteiger partial charge in [0, 0.05) is 24.9 Å². The summed E-state index contributed by atoms with van der Waals surface area (Å²) in [5.41, 5.74) is 4.31. The minimum atomic E-state index is -0.495. The summed E-state index contributed by atoms with van der Waals surface area (Å²) < 4.78 is 27.6. The van der Waals surface area contributed by atoms with Crippen LogP contribution in [0.2, 0.25) is 0 Å². The Morgan fingerprint density at radius 3 is 2.68 bits per heavy atom. The third-order valence-electron chi connectivity index (χ3n) is 5.34. The van der Waals surface area contributed by atoms with Crippen LogP contribution in [0.5, 0.6) is 5.75 Å². The second kappa shape index (κ2) is 8.54. The van der Waals surface area contributed by atoms with E-state index in [0.29, 0.717) is 39.8 Å². The zero-order valence-corrected chi connectivity index (χ0v) is 19.2. The molecular formula is C24H22FN7O2. The minimum absolute atomic E-state index is 0.149. The smallest absolute Gasteiger partial charge is 0.188 e. The van der Waals surface area contributed by atoms with Crippen LogP contribution >= 0.6 is 0 Å². The summed E-state index contributed by atoms with van der Waals surface area (Å²) in [7, 11) is 3.28. The summed E-state index contributed by atoms with van der Waals surface area (Å²) in [4.78, 5) is 15.6. The number of aryl methyl sites for hydroxylation is 3. The second-order valence-corrected chi connectivity index (χ2v) is 7.99. The molecule has 4 aromatic heterocycles. The lowest BCUT2D eigenvalue weighted by atomic mass is 10.1. The molecule has 0 bridgehead atoms. The fraction of sp³-hybridized carbons (Fsp3) is 0.208. The van der Waals surface area contributed by atoms with Crippen LogP contribution in [0.4, 0.5) is 15.9 Å². The molecule has 5 aromatic rings. The van der Waals surface area contributed by atoms with Crippen molar-refractivity contribution in [1.82, 2.24) is 29.9 Å². The Bertz CT molecular complexity index is 1490. The van der Waals surface area contributed by atoms with Gasteiger partial charge in [-0.15, -0.1) is 0 Å². The maximum Gasteiger partial charge on any atom is 0.188 e. The molecule has 0 saturated carbocycles. The fourth-order valence-electron chi connectivity index (χ4n) is 3.74. The summed E-state index contributed by atoms with van der Waals surface area (Å²) >= 11 is 0. The number of nitrogens with zero attached hydrogens (tertiary/aromatic N) is 7. The van der Waals surface area contributed by atoms with Gasteiger partial charge in [0.05, 0.1) is 37.4 Å². The lowest BCUT2D eigenvalue weighted by Gasteiger charge is -2.24. The number of ether oxygens (including phenoxy) is 1. The number of hydrogen-bond acceptors (Lipinski definition) is 8. The quantitative estimate of drug-likeness (QED) is 0.366. The van der Waals surface area contributed by atoms with E-state index in [4.69, 9.17) is 14.2 Å². The number of anilines is 2. The van der Waals surface area contributed by atoms with Gasteiger partial charge in [-0.3, -0.25) is 9.67 Å². The first-order valence-electron chi connectivity index (χ1n) is 10.6. The molecule has 0 amide bonds. The lowest BCUT2D eigenvalue weighted by Crippen LogP contribution is -2.20. The molecule has 1 aromatic carbocycles. The molecule has 0 saturated heterocycles. The Kier molecular flexibility index (Phi) is 5.40. The minimum Gasteiger partial charge on any atom is -0.494 e. The topological polar surface area (TPSA) is 95.0 Å². The van der Waals surface area contributed by atoms with E-state index in [1.807, 2.05) is 26.2 Å². The largest absolute Gasteiger partial charge is 0.494 e. The van der Waals surface area contributed by atoms with E-state index < -0.39 is 5.82 Å². The van der Waals surface area contributed by atoms with E-state index in [-0.39, 0.29) is 12.3 Å². The summed E-state index contributed by atoms with van der Waals surface area (Å²) in [5, 5.41) is 8.28. The predicted molar refractivity (Wildman–Crippen MR) is 124 cm³/mol. The Hall–Kier alpha value is -4.34. The molecule has 0 radical (unpaired) electrons. The van der Waals surface area contributed by atoms with E-state index in [1.165, 1.54) is 7.11 Å². The Morgan fingerprint density at radius 2 is 1.97 bits per heavy atom. The van der Waals surface area contributed by atoms with Crippen LogP contribution in [0.1, 0.15) is 17.0 Å². The van der Waals surface area contributed by atoms with Crippen LogP contribution in [-0.2, 0) is 13.6 Å². The fourth-order valence-corrected chi connectivity index (χ4v) is 3.74. The van der Waals surface area contributed by atoms with Gasteiger partial charge in [0.15, 0.2) is 17.2 Å². The van der Waals surface area contributed by atoms with Gasteiger partial charge in [-0.2, -0.15) is 5.10 Å². The molecule has 0 aliphatic carbocycles. The highest BCUT2D eigenvalue weighted by molar-refractivity contribution is 5.77. The molecule has 4 heterocycles. The first-order valence-corrected chi connectivity index (χ1v) is 10.6. The molecule has 172 valence electrons. The molecule has 10 heteroatoms. The number of methoxy groups -OCH3 is 1. The lowest BCUT2D eigenvalue weighted by molar-refractivity contribution is 0.385. The van der Waals surface area contributed by atoms with Crippen molar-refractivity contribution in [3.63, 3.8) is 0 Å². The average Bonchev–Trinajstić information content (AvgIpc) is 3.46. The molecule has 0 fully saturated rings. The van der Waals surface area contributed by atoms with Gasteiger partial charge < -0.3 is 14.2 Å². The highest BCUT2D eigenvalue weighted by Gasteiger charge is 2.21. The molecule has 9 nitrogen and oxygen atoms in total. The van der Waals surface area contributed by atoms with Crippen molar-refractivity contribution in [3.05, 3.63) is 71.8 Å². The van der Waals surface area contributed by atoms with E-state index in [1.54, 1.807) is 53.2 Å². The SMILES string of the molecule is COc1cc(C)cc(N(Cc2cc(C)on2)c2ccc3ncc(-c4cnn(C)c4)nc3n2)c1F. The van der Waals surface area contributed by atoms with Gasteiger partial charge in [-0.05, 0) is 43.7 Å². The maximum absolute atomic E-state index is 15.4. The number of pyridine rings is 1. The van der Waals surface area contributed by atoms with Gasteiger partial charge >= 0.3 is 0 Å². The molecule has 0 spiro atoms. The van der Waals surface area contributed by atoms with Gasteiger partial charge in [0.2, 0.25) is 0 Å². The van der Waals surface area contributed by atoms with Gasteiger partial charge in [-0.1, -0.05) is 5.16 Å².